The number of hydrogen-bond donors (Lipinski definition) is 2. The summed E-state index contributed by atoms with van der Waals surface area (Å²) in [5.41, 5.74) is 7.54. The highest BCUT2D eigenvalue weighted by Crippen LogP contribution is 2.16. The Hall–Kier alpha value is -5.22. The predicted octanol–water partition coefficient (Wildman–Crippen LogP) is 1.76. The number of ether oxygens (including phenoxy) is 1. The first-order valence-electron chi connectivity index (χ1n) is 9.50. The first kappa shape index (κ1) is 21.0. The van der Waals surface area contributed by atoms with Crippen molar-refractivity contribution >= 4 is 23.1 Å². The zero-order valence-corrected chi connectivity index (χ0v) is 17.2. The summed E-state index contributed by atoms with van der Waals surface area (Å²) < 4.78 is 6.74. The third kappa shape index (κ3) is 4.60. The lowest BCUT2D eigenvalue weighted by atomic mass is 10.1. The summed E-state index contributed by atoms with van der Waals surface area (Å²) in [6.07, 6.45) is 3.12. The third-order valence-electron chi connectivity index (χ3n) is 4.55. The largest absolute Gasteiger partial charge is 0.480 e. The SMILES string of the molecule is COc1cn2c(C#Cc3cc(C#N)cc(NC(=O)c4ccc(C(N)=O)cc4)c3)nnc2cn1. The highest BCUT2D eigenvalue weighted by atomic mass is 16.5. The Morgan fingerprint density at radius 3 is 2.48 bits per heavy atom. The molecule has 0 aliphatic heterocycles. The van der Waals surface area contributed by atoms with E-state index in [-0.39, 0.29) is 0 Å². The molecule has 2 aromatic carbocycles. The Kier molecular flexibility index (Phi) is 5.66. The molecule has 0 atom stereocenters. The number of nitrogens with two attached hydrogens (primary N) is 1. The van der Waals surface area contributed by atoms with Crippen LogP contribution in [-0.2, 0) is 0 Å². The number of nitrogens with zero attached hydrogens (tertiary/aromatic N) is 5. The minimum absolute atomic E-state index is 0.296. The monoisotopic (exact) mass is 437 g/mol. The van der Waals surface area contributed by atoms with Gasteiger partial charge in [-0.25, -0.2) is 4.98 Å². The number of fused-ring (bicyclic) bond motifs is 1. The van der Waals surface area contributed by atoms with E-state index in [1.54, 1.807) is 22.7 Å². The number of methoxy groups -OCH3 is 1. The van der Waals surface area contributed by atoms with Crippen molar-refractivity contribution in [1.29, 1.82) is 5.26 Å². The highest BCUT2D eigenvalue weighted by Gasteiger charge is 2.09. The molecule has 0 radical (unpaired) electrons. The maximum atomic E-state index is 12.6. The van der Waals surface area contributed by atoms with Gasteiger partial charge in [0.1, 0.15) is 0 Å². The molecular formula is C23H15N7O3. The van der Waals surface area contributed by atoms with E-state index < -0.39 is 11.8 Å². The van der Waals surface area contributed by atoms with Gasteiger partial charge in [-0.2, -0.15) is 5.26 Å². The summed E-state index contributed by atoms with van der Waals surface area (Å²) in [6, 6.07) is 12.7. The molecule has 3 N–H and O–H groups in total. The molecule has 0 spiro atoms. The van der Waals surface area contributed by atoms with Crippen LogP contribution in [0.15, 0.2) is 54.9 Å². The van der Waals surface area contributed by atoms with Crippen LogP contribution in [0.5, 0.6) is 5.88 Å². The fraction of sp³-hybridized carbons (Fsp3) is 0.0435. The smallest absolute Gasteiger partial charge is 0.255 e. The van der Waals surface area contributed by atoms with Crippen molar-refractivity contribution < 1.29 is 14.3 Å². The number of nitrogens with one attached hydrogen (secondary N) is 1. The highest BCUT2D eigenvalue weighted by molar-refractivity contribution is 6.05. The van der Waals surface area contributed by atoms with Gasteiger partial charge in [0.15, 0.2) is 5.65 Å². The maximum Gasteiger partial charge on any atom is 0.255 e. The number of benzene rings is 2. The van der Waals surface area contributed by atoms with Crippen LogP contribution in [0.1, 0.15) is 37.7 Å². The van der Waals surface area contributed by atoms with Gasteiger partial charge in [0.25, 0.3) is 5.91 Å². The molecule has 0 bridgehead atoms. The van der Waals surface area contributed by atoms with Gasteiger partial charge in [-0.15, -0.1) is 10.2 Å². The van der Waals surface area contributed by atoms with Gasteiger partial charge >= 0.3 is 0 Å². The quantitative estimate of drug-likeness (QED) is 0.462. The molecule has 0 fully saturated rings. The number of hydrogen-bond acceptors (Lipinski definition) is 7. The Bertz CT molecular complexity index is 1490. The molecule has 33 heavy (non-hydrogen) atoms. The molecule has 0 aliphatic carbocycles. The molecule has 2 aromatic heterocycles. The Balaban J connectivity index is 1.61. The number of carbonyl (C=O) groups excluding carboxylic acids is 2. The number of aromatic nitrogens is 4. The van der Waals surface area contributed by atoms with Gasteiger partial charge in [-0.05, 0) is 48.4 Å². The van der Waals surface area contributed by atoms with Crippen LogP contribution in [0, 0.1) is 23.2 Å². The van der Waals surface area contributed by atoms with E-state index in [0.717, 1.165) is 0 Å². The molecule has 0 saturated heterocycles. The van der Waals surface area contributed by atoms with Crippen molar-refractivity contribution in [2.45, 2.75) is 0 Å². The van der Waals surface area contributed by atoms with Gasteiger partial charge in [-0.1, -0.05) is 5.92 Å². The zero-order valence-electron chi connectivity index (χ0n) is 17.2. The molecule has 4 rings (SSSR count). The van der Waals surface area contributed by atoms with Gasteiger partial charge in [0.05, 0.1) is 31.1 Å². The van der Waals surface area contributed by atoms with Gasteiger partial charge < -0.3 is 15.8 Å². The van der Waals surface area contributed by atoms with Crippen LogP contribution in [0.3, 0.4) is 0 Å². The lowest BCUT2D eigenvalue weighted by molar-refractivity contribution is 0.0995. The van der Waals surface area contributed by atoms with Crippen molar-refractivity contribution in [3.8, 4) is 23.8 Å². The van der Waals surface area contributed by atoms with Crippen molar-refractivity contribution in [2.75, 3.05) is 12.4 Å². The van der Waals surface area contributed by atoms with Crippen molar-refractivity contribution in [3.05, 3.63) is 82.9 Å². The fourth-order valence-electron chi connectivity index (χ4n) is 2.93. The third-order valence-corrected chi connectivity index (χ3v) is 4.55. The predicted molar refractivity (Wildman–Crippen MR) is 117 cm³/mol. The summed E-state index contributed by atoms with van der Waals surface area (Å²) in [5, 5.41) is 20.1. The fourth-order valence-corrected chi connectivity index (χ4v) is 2.93. The topological polar surface area (TPSA) is 148 Å². The summed E-state index contributed by atoms with van der Waals surface area (Å²) in [5.74, 6) is 5.58. The van der Waals surface area contributed by atoms with E-state index in [9.17, 15) is 14.9 Å². The van der Waals surface area contributed by atoms with Crippen LogP contribution in [0.25, 0.3) is 5.65 Å². The van der Waals surface area contributed by atoms with Crippen molar-refractivity contribution in [3.63, 3.8) is 0 Å². The molecular weight excluding hydrogens is 422 g/mol. The molecule has 0 saturated carbocycles. The van der Waals surface area contributed by atoms with E-state index in [1.807, 2.05) is 0 Å². The number of primary amides is 1. The Morgan fingerprint density at radius 2 is 1.79 bits per heavy atom. The minimum atomic E-state index is -0.581. The van der Waals surface area contributed by atoms with Gasteiger partial charge in [0.2, 0.25) is 17.6 Å². The summed E-state index contributed by atoms with van der Waals surface area (Å²) in [4.78, 5) is 27.8. The van der Waals surface area contributed by atoms with E-state index in [1.165, 1.54) is 43.6 Å². The van der Waals surface area contributed by atoms with Crippen LogP contribution in [0.4, 0.5) is 5.69 Å². The average molecular weight is 437 g/mol. The van der Waals surface area contributed by atoms with Gasteiger partial charge in [-0.3, -0.25) is 14.0 Å². The molecule has 10 nitrogen and oxygen atoms in total. The van der Waals surface area contributed by atoms with Crippen LogP contribution in [0.2, 0.25) is 0 Å². The number of carbonyl (C=O) groups is 2. The lowest BCUT2D eigenvalue weighted by Crippen LogP contribution is -2.14. The summed E-state index contributed by atoms with van der Waals surface area (Å²) >= 11 is 0. The minimum Gasteiger partial charge on any atom is -0.480 e. The zero-order chi connectivity index (χ0) is 23.4. The van der Waals surface area contributed by atoms with Crippen molar-refractivity contribution in [2.24, 2.45) is 5.73 Å². The number of anilines is 1. The second-order valence-corrected chi connectivity index (χ2v) is 6.74. The maximum absolute atomic E-state index is 12.6. The lowest BCUT2D eigenvalue weighted by Gasteiger charge is -2.07. The summed E-state index contributed by atoms with van der Waals surface area (Å²) in [6.45, 7) is 0. The van der Waals surface area contributed by atoms with E-state index in [2.05, 4.69) is 38.4 Å². The van der Waals surface area contributed by atoms with E-state index >= 15 is 0 Å². The normalized spacial score (nSPS) is 10.1. The molecule has 2 heterocycles. The van der Waals surface area contributed by atoms with Gasteiger partial charge in [0, 0.05) is 22.4 Å². The molecule has 0 aliphatic rings. The summed E-state index contributed by atoms with van der Waals surface area (Å²) in [7, 11) is 1.50. The van der Waals surface area contributed by atoms with Crippen LogP contribution >= 0.6 is 0 Å². The van der Waals surface area contributed by atoms with Crippen molar-refractivity contribution in [1.82, 2.24) is 19.6 Å². The Labute approximate surface area is 187 Å². The standard InChI is InChI=1S/C23H15N7O3/c1-33-21-13-30-19(28-29-20(30)12-26-21)7-2-14-8-15(11-24)10-18(9-14)27-23(32)17-5-3-16(4-6-17)22(25)31/h3-6,8-10,12-13H,1H3,(H2,25,31)(H,27,32). The second kappa shape index (κ2) is 8.88. The van der Waals surface area contributed by atoms with E-state index in [4.69, 9.17) is 10.5 Å². The molecule has 0 unspecified atom stereocenters. The molecule has 2 amide bonds. The Morgan fingerprint density at radius 1 is 1.06 bits per heavy atom. The number of amides is 2. The molecule has 10 heteroatoms. The first-order chi connectivity index (χ1) is 16.0. The van der Waals surface area contributed by atoms with Crippen LogP contribution in [-0.4, -0.2) is 38.5 Å². The average Bonchev–Trinajstić information content (AvgIpc) is 3.24. The van der Waals surface area contributed by atoms with Crippen LogP contribution < -0.4 is 15.8 Å². The number of rotatable bonds is 4. The first-order valence-corrected chi connectivity index (χ1v) is 9.50. The van der Waals surface area contributed by atoms with E-state index in [0.29, 0.717) is 45.3 Å². The second-order valence-electron chi connectivity index (χ2n) is 6.74. The molecule has 160 valence electrons. The molecule has 4 aromatic rings. The number of nitriles is 1.